The number of nitrogens with zero attached hydrogens (tertiary/aromatic N) is 2. The molecule has 0 bridgehead atoms. The number of amides is 1. The maximum absolute atomic E-state index is 12.8. The van der Waals surface area contributed by atoms with Crippen LogP contribution in [0.4, 0.5) is 5.69 Å². The summed E-state index contributed by atoms with van der Waals surface area (Å²) in [6, 6.07) is 15.8. The number of ether oxygens (including phenoxy) is 1. The molecule has 0 fully saturated rings. The van der Waals surface area contributed by atoms with Crippen molar-refractivity contribution < 1.29 is 14.3 Å². The predicted octanol–water partition coefficient (Wildman–Crippen LogP) is 4.25. The monoisotopic (exact) mass is 392 g/mol. The van der Waals surface area contributed by atoms with E-state index in [1.54, 1.807) is 17.2 Å². The molecule has 1 aliphatic heterocycles. The summed E-state index contributed by atoms with van der Waals surface area (Å²) < 4.78 is 5.41. The lowest BCUT2D eigenvalue weighted by molar-refractivity contribution is -0.126. The molecule has 0 saturated heterocycles. The Bertz CT molecular complexity index is 1030. The van der Waals surface area contributed by atoms with E-state index in [1.807, 2.05) is 55.5 Å². The van der Waals surface area contributed by atoms with Crippen molar-refractivity contribution in [2.24, 2.45) is 0 Å². The Hall–Kier alpha value is -2.99. The maximum atomic E-state index is 12.8. The average molecular weight is 392 g/mol. The van der Waals surface area contributed by atoms with E-state index in [0.29, 0.717) is 6.54 Å². The topological polar surface area (TPSA) is 59.5 Å². The lowest BCUT2D eigenvalue weighted by Crippen LogP contribution is -2.39. The van der Waals surface area contributed by atoms with Gasteiger partial charge in [0.15, 0.2) is 11.8 Å². The molecule has 6 heteroatoms. The van der Waals surface area contributed by atoms with E-state index in [2.05, 4.69) is 4.98 Å². The van der Waals surface area contributed by atoms with Crippen molar-refractivity contribution in [3.63, 3.8) is 0 Å². The van der Waals surface area contributed by atoms with Crippen molar-refractivity contribution in [1.82, 2.24) is 4.98 Å². The second-order valence-corrected chi connectivity index (χ2v) is 7.68. The highest BCUT2D eigenvalue weighted by molar-refractivity contribution is 7.13. The minimum atomic E-state index is -0.872. The number of anilines is 1. The second-order valence-electron chi connectivity index (χ2n) is 6.82. The summed E-state index contributed by atoms with van der Waals surface area (Å²) in [5.74, 6) is -0.796. The van der Waals surface area contributed by atoms with Gasteiger partial charge in [0.25, 0.3) is 5.91 Å². The van der Waals surface area contributed by atoms with Crippen LogP contribution in [0.3, 0.4) is 0 Å². The number of aromatic nitrogens is 1. The van der Waals surface area contributed by atoms with Crippen molar-refractivity contribution in [2.45, 2.75) is 26.4 Å². The van der Waals surface area contributed by atoms with E-state index in [0.717, 1.165) is 33.8 Å². The van der Waals surface area contributed by atoms with Gasteiger partial charge in [0, 0.05) is 23.2 Å². The number of carbonyl (C=O) groups excluding carboxylic acids is 2. The Labute approximate surface area is 167 Å². The van der Waals surface area contributed by atoms with Gasteiger partial charge in [0.1, 0.15) is 5.01 Å². The van der Waals surface area contributed by atoms with Crippen LogP contribution in [-0.2, 0) is 16.0 Å². The van der Waals surface area contributed by atoms with Crippen LogP contribution in [0.25, 0.3) is 10.6 Å². The molecule has 0 unspecified atom stereocenters. The Morgan fingerprint density at radius 3 is 2.68 bits per heavy atom. The molecule has 0 aliphatic carbocycles. The molecule has 0 saturated carbocycles. The van der Waals surface area contributed by atoms with Crippen LogP contribution in [0.1, 0.15) is 28.5 Å². The molecule has 0 N–H and O–H groups in total. The third-order valence-corrected chi connectivity index (χ3v) is 5.69. The Kier molecular flexibility index (Phi) is 4.96. The summed E-state index contributed by atoms with van der Waals surface area (Å²) in [5, 5.41) is 2.42. The zero-order valence-corrected chi connectivity index (χ0v) is 16.5. The summed E-state index contributed by atoms with van der Waals surface area (Å²) >= 11 is 1.38. The van der Waals surface area contributed by atoms with Crippen LogP contribution < -0.4 is 4.90 Å². The van der Waals surface area contributed by atoms with E-state index in [9.17, 15) is 9.59 Å². The Balaban J connectivity index is 1.44. The predicted molar refractivity (Wildman–Crippen MR) is 110 cm³/mol. The molecule has 28 heavy (non-hydrogen) atoms. The van der Waals surface area contributed by atoms with E-state index in [1.165, 1.54) is 11.3 Å². The molecule has 3 aromatic rings. The van der Waals surface area contributed by atoms with Crippen molar-refractivity contribution in [1.29, 1.82) is 0 Å². The largest absolute Gasteiger partial charge is 0.448 e. The summed E-state index contributed by atoms with van der Waals surface area (Å²) in [4.78, 5) is 31.3. The molecule has 2 aromatic carbocycles. The number of rotatable bonds is 4. The molecular formula is C22H20N2O3S. The summed E-state index contributed by atoms with van der Waals surface area (Å²) in [7, 11) is 0. The van der Waals surface area contributed by atoms with Crippen LogP contribution in [-0.4, -0.2) is 29.5 Å². The molecular weight excluding hydrogens is 372 g/mol. The zero-order valence-electron chi connectivity index (χ0n) is 15.7. The number of esters is 1. The van der Waals surface area contributed by atoms with Crippen molar-refractivity contribution in [2.75, 3.05) is 11.4 Å². The van der Waals surface area contributed by atoms with Gasteiger partial charge in [0.05, 0.1) is 0 Å². The van der Waals surface area contributed by atoms with E-state index in [4.69, 9.17) is 4.74 Å². The molecule has 142 valence electrons. The number of benzene rings is 2. The van der Waals surface area contributed by atoms with Gasteiger partial charge in [-0.1, -0.05) is 48.0 Å². The SMILES string of the molecule is Cc1ccc(-c2nc(C(=O)O[C@H](C)C(=O)N3CCc4ccccc43)cs2)cc1. The van der Waals surface area contributed by atoms with Gasteiger partial charge >= 0.3 is 5.97 Å². The first-order valence-corrected chi connectivity index (χ1v) is 10.0. The van der Waals surface area contributed by atoms with Crippen LogP contribution >= 0.6 is 11.3 Å². The zero-order chi connectivity index (χ0) is 19.7. The van der Waals surface area contributed by atoms with Gasteiger partial charge in [-0.25, -0.2) is 9.78 Å². The average Bonchev–Trinajstić information content (AvgIpc) is 3.35. The minimum absolute atomic E-state index is 0.215. The highest BCUT2D eigenvalue weighted by Gasteiger charge is 2.30. The minimum Gasteiger partial charge on any atom is -0.448 e. The van der Waals surface area contributed by atoms with Gasteiger partial charge in [0.2, 0.25) is 0 Å². The first-order chi connectivity index (χ1) is 13.5. The number of fused-ring (bicyclic) bond motifs is 1. The number of carbonyl (C=O) groups is 2. The van der Waals surface area contributed by atoms with Crippen molar-refractivity contribution in [3.05, 3.63) is 70.7 Å². The highest BCUT2D eigenvalue weighted by Crippen LogP contribution is 2.28. The molecule has 1 aliphatic rings. The smallest absolute Gasteiger partial charge is 0.358 e. The van der Waals surface area contributed by atoms with Gasteiger partial charge in [-0.05, 0) is 31.9 Å². The van der Waals surface area contributed by atoms with Crippen LogP contribution in [0.15, 0.2) is 53.9 Å². The number of hydrogen-bond acceptors (Lipinski definition) is 5. The Morgan fingerprint density at radius 2 is 1.89 bits per heavy atom. The molecule has 2 heterocycles. The number of thiazole rings is 1. The number of para-hydroxylation sites is 1. The second kappa shape index (κ2) is 7.56. The fraction of sp³-hybridized carbons (Fsp3) is 0.227. The van der Waals surface area contributed by atoms with E-state index >= 15 is 0 Å². The van der Waals surface area contributed by atoms with Gasteiger partial charge < -0.3 is 9.64 Å². The van der Waals surface area contributed by atoms with Crippen LogP contribution in [0.2, 0.25) is 0 Å². The van der Waals surface area contributed by atoms with Crippen molar-refractivity contribution in [3.8, 4) is 10.6 Å². The first kappa shape index (κ1) is 18.4. The standard InChI is InChI=1S/C22H20N2O3S/c1-14-7-9-17(10-8-14)20-23-18(13-28-20)22(26)27-15(2)21(25)24-12-11-16-5-3-4-6-19(16)24/h3-10,13,15H,11-12H2,1-2H3/t15-/m1/s1. The number of aryl methyl sites for hydroxylation is 1. The highest BCUT2D eigenvalue weighted by atomic mass is 32.1. The normalized spacial score (nSPS) is 13.9. The van der Waals surface area contributed by atoms with Crippen LogP contribution in [0.5, 0.6) is 0 Å². The fourth-order valence-electron chi connectivity index (χ4n) is 3.25. The van der Waals surface area contributed by atoms with E-state index < -0.39 is 12.1 Å². The fourth-order valence-corrected chi connectivity index (χ4v) is 4.05. The molecule has 1 amide bonds. The van der Waals surface area contributed by atoms with Gasteiger partial charge in [-0.3, -0.25) is 4.79 Å². The molecule has 4 rings (SSSR count). The van der Waals surface area contributed by atoms with Gasteiger partial charge in [-0.2, -0.15) is 0 Å². The van der Waals surface area contributed by atoms with Gasteiger partial charge in [-0.15, -0.1) is 11.3 Å². The van der Waals surface area contributed by atoms with Crippen LogP contribution in [0, 0.1) is 6.92 Å². The molecule has 1 aromatic heterocycles. The Morgan fingerprint density at radius 1 is 1.14 bits per heavy atom. The third-order valence-electron chi connectivity index (χ3n) is 4.80. The molecule has 5 nitrogen and oxygen atoms in total. The molecule has 1 atom stereocenters. The molecule has 0 radical (unpaired) electrons. The summed E-state index contributed by atoms with van der Waals surface area (Å²) in [6.07, 6.45) is -0.0580. The third kappa shape index (κ3) is 3.55. The van der Waals surface area contributed by atoms with E-state index in [-0.39, 0.29) is 11.6 Å². The lowest BCUT2D eigenvalue weighted by atomic mass is 10.2. The summed E-state index contributed by atoms with van der Waals surface area (Å²) in [6.45, 7) is 4.23. The quantitative estimate of drug-likeness (QED) is 0.623. The first-order valence-electron chi connectivity index (χ1n) is 9.16. The molecule has 0 spiro atoms. The summed E-state index contributed by atoms with van der Waals surface area (Å²) in [5.41, 5.74) is 4.37. The lowest BCUT2D eigenvalue weighted by Gasteiger charge is -2.21. The maximum Gasteiger partial charge on any atom is 0.358 e. The van der Waals surface area contributed by atoms with Crippen molar-refractivity contribution >= 4 is 28.9 Å². The number of hydrogen-bond donors (Lipinski definition) is 0.